The maximum absolute atomic E-state index is 10.5. The number of ether oxygens (including phenoxy) is 1. The summed E-state index contributed by atoms with van der Waals surface area (Å²) in [6.45, 7) is 2.85. The number of hydrogen-bond acceptors (Lipinski definition) is 4. The number of piperidine rings is 1. The van der Waals surface area contributed by atoms with Crippen LogP contribution < -0.4 is 0 Å². The van der Waals surface area contributed by atoms with Crippen LogP contribution in [0.15, 0.2) is 42.7 Å². The fraction of sp³-hybridized carbons (Fsp3) is 0.550. The predicted molar refractivity (Wildman–Crippen MR) is 96.0 cm³/mol. The molecular weight excluding hydrogens is 314 g/mol. The highest BCUT2D eigenvalue weighted by atomic mass is 16.5. The van der Waals surface area contributed by atoms with Gasteiger partial charge in [0.2, 0.25) is 0 Å². The van der Waals surface area contributed by atoms with Gasteiger partial charge in [-0.15, -0.1) is 0 Å². The molecule has 25 heavy (non-hydrogen) atoms. The van der Waals surface area contributed by atoms with E-state index in [1.54, 1.807) is 0 Å². The van der Waals surface area contributed by atoms with Crippen LogP contribution in [0.5, 0.6) is 0 Å². The van der Waals surface area contributed by atoms with Gasteiger partial charge in [-0.3, -0.25) is 4.90 Å². The molecule has 134 valence electrons. The minimum absolute atomic E-state index is 0.00559. The van der Waals surface area contributed by atoms with Crippen molar-refractivity contribution in [2.75, 3.05) is 13.1 Å². The fourth-order valence-corrected chi connectivity index (χ4v) is 4.22. The first-order valence-corrected chi connectivity index (χ1v) is 9.23. The van der Waals surface area contributed by atoms with E-state index in [4.69, 9.17) is 4.74 Å². The number of hydrogen-bond donors (Lipinski definition) is 1. The Bertz CT molecular complexity index is 692. The number of aryl methyl sites for hydroxylation is 1. The van der Waals surface area contributed by atoms with Crippen LogP contribution in [0.25, 0.3) is 0 Å². The van der Waals surface area contributed by atoms with E-state index < -0.39 is 0 Å². The van der Waals surface area contributed by atoms with Gasteiger partial charge in [0.05, 0.1) is 24.4 Å². The van der Waals surface area contributed by atoms with Crippen LogP contribution in [0.4, 0.5) is 0 Å². The number of nitrogens with zero attached hydrogens (tertiary/aromatic N) is 3. The molecule has 2 saturated heterocycles. The average molecular weight is 341 g/mol. The number of aliphatic hydroxyl groups excluding tert-OH is 1. The molecule has 5 heteroatoms. The van der Waals surface area contributed by atoms with Crippen LogP contribution in [0, 0.1) is 0 Å². The van der Waals surface area contributed by atoms with Crippen molar-refractivity contribution < 1.29 is 9.84 Å². The number of benzene rings is 1. The number of imidazole rings is 1. The number of aliphatic hydroxyl groups is 1. The lowest BCUT2D eigenvalue weighted by Crippen LogP contribution is -2.51. The lowest BCUT2D eigenvalue weighted by atomic mass is 9.81. The zero-order valence-electron chi connectivity index (χ0n) is 14.8. The summed E-state index contributed by atoms with van der Waals surface area (Å²) in [5.74, 6) is 1.10. The molecular formula is C20H27N3O2. The van der Waals surface area contributed by atoms with Crippen molar-refractivity contribution in [2.24, 2.45) is 7.05 Å². The fourth-order valence-electron chi connectivity index (χ4n) is 4.22. The van der Waals surface area contributed by atoms with Crippen molar-refractivity contribution in [2.45, 2.75) is 50.0 Å². The van der Waals surface area contributed by atoms with E-state index in [0.717, 1.165) is 44.7 Å². The zero-order valence-corrected chi connectivity index (χ0v) is 14.8. The largest absolute Gasteiger partial charge is 0.393 e. The van der Waals surface area contributed by atoms with Gasteiger partial charge in [0.1, 0.15) is 5.82 Å². The summed E-state index contributed by atoms with van der Waals surface area (Å²) < 4.78 is 8.65. The Kier molecular flexibility index (Phi) is 4.63. The predicted octanol–water partition coefficient (Wildman–Crippen LogP) is 2.67. The lowest BCUT2D eigenvalue weighted by molar-refractivity contribution is -0.184. The molecule has 1 spiro atoms. The third-order valence-corrected chi connectivity index (χ3v) is 5.71. The van der Waals surface area contributed by atoms with Crippen molar-refractivity contribution in [3.63, 3.8) is 0 Å². The SMILES string of the molecule is Cn1ccnc1CN1CCC2(CC1)C[C@@H](O)C[C@H](c1ccccc1)O2. The maximum atomic E-state index is 10.5. The molecule has 2 fully saturated rings. The van der Waals surface area contributed by atoms with E-state index in [1.165, 1.54) is 5.56 Å². The van der Waals surface area contributed by atoms with Gasteiger partial charge in [-0.1, -0.05) is 30.3 Å². The Morgan fingerprint density at radius 2 is 2.00 bits per heavy atom. The zero-order chi connectivity index (χ0) is 17.3. The molecule has 2 atom stereocenters. The average Bonchev–Trinajstić information content (AvgIpc) is 3.02. The molecule has 0 radical (unpaired) electrons. The van der Waals surface area contributed by atoms with Crippen LogP contribution in [0.1, 0.15) is 43.2 Å². The number of aromatic nitrogens is 2. The third-order valence-electron chi connectivity index (χ3n) is 5.71. The molecule has 0 unspecified atom stereocenters. The molecule has 1 N–H and O–H groups in total. The monoisotopic (exact) mass is 341 g/mol. The normalized spacial score (nSPS) is 26.8. The van der Waals surface area contributed by atoms with E-state index in [0.29, 0.717) is 6.42 Å². The molecule has 0 amide bonds. The molecule has 2 aliphatic rings. The Morgan fingerprint density at radius 1 is 1.24 bits per heavy atom. The first-order valence-electron chi connectivity index (χ1n) is 9.23. The van der Waals surface area contributed by atoms with Crippen LogP contribution in [-0.2, 0) is 18.3 Å². The highest BCUT2D eigenvalue weighted by molar-refractivity contribution is 5.19. The molecule has 2 aliphatic heterocycles. The van der Waals surface area contributed by atoms with Crippen LogP contribution >= 0.6 is 0 Å². The Hall–Kier alpha value is -1.69. The van der Waals surface area contributed by atoms with Crippen molar-refractivity contribution in [1.29, 1.82) is 0 Å². The Morgan fingerprint density at radius 3 is 2.68 bits per heavy atom. The van der Waals surface area contributed by atoms with Crippen LogP contribution in [0.2, 0.25) is 0 Å². The van der Waals surface area contributed by atoms with Crippen LogP contribution in [-0.4, -0.2) is 44.4 Å². The summed E-state index contributed by atoms with van der Waals surface area (Å²) in [7, 11) is 2.04. The second-order valence-electron chi connectivity index (χ2n) is 7.52. The minimum atomic E-state index is -0.278. The number of likely N-dealkylation sites (tertiary alicyclic amines) is 1. The van der Waals surface area contributed by atoms with Gasteiger partial charge >= 0.3 is 0 Å². The summed E-state index contributed by atoms with van der Waals surface area (Å²) >= 11 is 0. The summed E-state index contributed by atoms with van der Waals surface area (Å²) in [5, 5.41) is 10.5. The van der Waals surface area contributed by atoms with Gasteiger partial charge in [-0.25, -0.2) is 4.98 Å². The molecule has 2 aromatic rings. The molecule has 0 saturated carbocycles. The summed E-state index contributed by atoms with van der Waals surface area (Å²) in [6, 6.07) is 10.3. The van der Waals surface area contributed by atoms with E-state index >= 15 is 0 Å². The van der Waals surface area contributed by atoms with Gasteiger partial charge in [0, 0.05) is 45.4 Å². The molecule has 3 heterocycles. The van der Waals surface area contributed by atoms with Gasteiger partial charge in [0.15, 0.2) is 0 Å². The molecule has 1 aromatic carbocycles. The van der Waals surface area contributed by atoms with Crippen molar-refractivity contribution >= 4 is 0 Å². The molecule has 1 aromatic heterocycles. The van der Waals surface area contributed by atoms with Gasteiger partial charge in [0.25, 0.3) is 0 Å². The van der Waals surface area contributed by atoms with Crippen LogP contribution in [0.3, 0.4) is 0 Å². The lowest BCUT2D eigenvalue weighted by Gasteiger charge is -2.48. The standard InChI is InChI=1S/C20H27N3O2/c1-22-12-9-21-19(22)15-23-10-7-20(8-11-23)14-17(24)13-18(25-20)16-5-3-2-4-6-16/h2-6,9,12,17-18,24H,7-8,10-11,13-15H2,1H3/t17-,18+/m0/s1. The van der Waals surface area contributed by atoms with Gasteiger partial charge in [-0.05, 0) is 18.4 Å². The van der Waals surface area contributed by atoms with Gasteiger partial charge < -0.3 is 14.4 Å². The minimum Gasteiger partial charge on any atom is -0.393 e. The van der Waals surface area contributed by atoms with E-state index in [-0.39, 0.29) is 17.8 Å². The number of rotatable bonds is 3. The highest BCUT2D eigenvalue weighted by Gasteiger charge is 2.43. The van der Waals surface area contributed by atoms with Crippen molar-refractivity contribution in [3.05, 3.63) is 54.1 Å². The third kappa shape index (κ3) is 3.64. The quantitative estimate of drug-likeness (QED) is 0.932. The first kappa shape index (κ1) is 16.8. The highest BCUT2D eigenvalue weighted by Crippen LogP contribution is 2.43. The maximum Gasteiger partial charge on any atom is 0.122 e. The summed E-state index contributed by atoms with van der Waals surface area (Å²) in [4.78, 5) is 6.87. The topological polar surface area (TPSA) is 50.5 Å². The first-order chi connectivity index (χ1) is 12.1. The molecule has 0 bridgehead atoms. The second-order valence-corrected chi connectivity index (χ2v) is 7.52. The van der Waals surface area contributed by atoms with E-state index in [9.17, 15) is 5.11 Å². The van der Waals surface area contributed by atoms with Gasteiger partial charge in [-0.2, -0.15) is 0 Å². The molecule has 4 rings (SSSR count). The molecule has 5 nitrogen and oxygen atoms in total. The summed E-state index contributed by atoms with van der Waals surface area (Å²) in [6.07, 6.45) is 6.97. The summed E-state index contributed by atoms with van der Waals surface area (Å²) in [5.41, 5.74) is 0.993. The van der Waals surface area contributed by atoms with Crippen molar-refractivity contribution in [1.82, 2.24) is 14.5 Å². The van der Waals surface area contributed by atoms with E-state index in [1.807, 2.05) is 37.6 Å². The second kappa shape index (κ2) is 6.90. The Labute approximate surface area is 149 Å². The van der Waals surface area contributed by atoms with E-state index in [2.05, 4.69) is 26.6 Å². The molecule has 0 aliphatic carbocycles. The smallest absolute Gasteiger partial charge is 0.122 e. The van der Waals surface area contributed by atoms with Crippen molar-refractivity contribution in [3.8, 4) is 0 Å². The Balaban J connectivity index is 1.41.